The summed E-state index contributed by atoms with van der Waals surface area (Å²) >= 11 is 2.12. The number of carbonyl (C=O) groups is 2. The number of amides is 1. The number of benzene rings is 3. The van der Waals surface area contributed by atoms with Gasteiger partial charge in [0.25, 0.3) is 15.9 Å². The molecule has 178 valence electrons. The molecule has 0 bridgehead atoms. The Bertz CT molecular complexity index is 1270. The number of esters is 1. The number of sulfonamides is 1. The zero-order valence-electron chi connectivity index (χ0n) is 17.9. The first-order valence-corrected chi connectivity index (χ1v) is 12.4. The SMILES string of the molecule is CN(c1ccc(OCC(=O)OCC(=O)Nc2cccc(I)c2)cc1)S(=O)(=O)c1ccc(F)cc1. The van der Waals surface area contributed by atoms with Crippen LogP contribution in [-0.2, 0) is 24.3 Å². The number of anilines is 2. The van der Waals surface area contributed by atoms with Crippen molar-refractivity contribution < 1.29 is 31.9 Å². The summed E-state index contributed by atoms with van der Waals surface area (Å²) in [5.41, 5.74) is 0.933. The quantitative estimate of drug-likeness (QED) is 0.297. The van der Waals surface area contributed by atoms with Gasteiger partial charge in [0.15, 0.2) is 13.2 Å². The maximum absolute atomic E-state index is 13.1. The molecule has 1 N–H and O–H groups in total. The van der Waals surface area contributed by atoms with Crippen LogP contribution in [0.3, 0.4) is 0 Å². The normalized spacial score (nSPS) is 10.9. The molecule has 3 rings (SSSR count). The van der Waals surface area contributed by atoms with Gasteiger partial charge in [-0.15, -0.1) is 0 Å². The smallest absolute Gasteiger partial charge is 0.344 e. The molecule has 0 saturated carbocycles. The Morgan fingerprint density at radius 1 is 1.00 bits per heavy atom. The Morgan fingerprint density at radius 3 is 2.32 bits per heavy atom. The number of rotatable bonds is 9. The summed E-state index contributed by atoms with van der Waals surface area (Å²) in [4.78, 5) is 23.7. The predicted octanol–water partition coefficient (Wildman–Crippen LogP) is 3.82. The van der Waals surface area contributed by atoms with E-state index in [1.165, 1.54) is 43.4 Å². The van der Waals surface area contributed by atoms with Crippen molar-refractivity contribution in [2.45, 2.75) is 4.90 Å². The Balaban J connectivity index is 1.49. The standard InChI is InChI=1S/C23H20FIN2O6S/c1-27(34(30,31)21-11-5-16(24)6-12-21)19-7-9-20(10-8-19)32-15-23(29)33-14-22(28)26-18-4-2-3-17(25)13-18/h2-13H,14-15H2,1H3,(H,26,28). The molecule has 0 aliphatic rings. The second-order valence-corrected chi connectivity index (χ2v) is 10.1. The minimum Gasteiger partial charge on any atom is -0.482 e. The van der Waals surface area contributed by atoms with Gasteiger partial charge in [0.2, 0.25) is 0 Å². The lowest BCUT2D eigenvalue weighted by atomic mass is 10.3. The van der Waals surface area contributed by atoms with E-state index in [0.29, 0.717) is 17.1 Å². The van der Waals surface area contributed by atoms with Gasteiger partial charge >= 0.3 is 5.97 Å². The van der Waals surface area contributed by atoms with Crippen molar-refractivity contribution in [1.29, 1.82) is 0 Å². The van der Waals surface area contributed by atoms with Crippen LogP contribution < -0.4 is 14.4 Å². The summed E-state index contributed by atoms with van der Waals surface area (Å²) in [6.45, 7) is -0.891. The number of ether oxygens (including phenoxy) is 2. The molecule has 0 fully saturated rings. The lowest BCUT2D eigenvalue weighted by Gasteiger charge is -2.19. The third-order valence-corrected chi connectivity index (χ3v) is 6.97. The molecular formula is C23H20FIN2O6S. The van der Waals surface area contributed by atoms with E-state index in [1.807, 2.05) is 6.07 Å². The van der Waals surface area contributed by atoms with Crippen LogP contribution in [0.15, 0.2) is 77.7 Å². The molecule has 8 nitrogen and oxygen atoms in total. The Labute approximate surface area is 209 Å². The Hall–Kier alpha value is -3.19. The van der Waals surface area contributed by atoms with Crippen LogP contribution in [0.1, 0.15) is 0 Å². The van der Waals surface area contributed by atoms with Crippen molar-refractivity contribution in [1.82, 2.24) is 0 Å². The van der Waals surface area contributed by atoms with Crippen molar-refractivity contribution in [3.63, 3.8) is 0 Å². The van der Waals surface area contributed by atoms with E-state index in [1.54, 1.807) is 18.2 Å². The van der Waals surface area contributed by atoms with Crippen molar-refractivity contribution in [2.24, 2.45) is 0 Å². The Morgan fingerprint density at radius 2 is 1.68 bits per heavy atom. The van der Waals surface area contributed by atoms with E-state index in [4.69, 9.17) is 9.47 Å². The average molecular weight is 598 g/mol. The molecule has 0 atom stereocenters. The van der Waals surface area contributed by atoms with Crippen LogP contribution in [0.2, 0.25) is 0 Å². The fourth-order valence-corrected chi connectivity index (χ4v) is 4.49. The predicted molar refractivity (Wildman–Crippen MR) is 133 cm³/mol. The third-order valence-electron chi connectivity index (χ3n) is 4.50. The van der Waals surface area contributed by atoms with E-state index >= 15 is 0 Å². The first-order chi connectivity index (χ1) is 16.1. The topological polar surface area (TPSA) is 102 Å². The van der Waals surface area contributed by atoms with Gasteiger partial charge in [-0.3, -0.25) is 9.10 Å². The highest BCUT2D eigenvalue weighted by atomic mass is 127. The number of hydrogen-bond donors (Lipinski definition) is 1. The highest BCUT2D eigenvalue weighted by Crippen LogP contribution is 2.24. The zero-order valence-corrected chi connectivity index (χ0v) is 20.9. The summed E-state index contributed by atoms with van der Waals surface area (Å²) in [6, 6.07) is 17.6. The van der Waals surface area contributed by atoms with Gasteiger partial charge in [0.1, 0.15) is 11.6 Å². The highest BCUT2D eigenvalue weighted by molar-refractivity contribution is 14.1. The molecule has 0 aliphatic heterocycles. The highest BCUT2D eigenvalue weighted by Gasteiger charge is 2.21. The summed E-state index contributed by atoms with van der Waals surface area (Å²) in [5, 5.41) is 2.62. The number of nitrogens with one attached hydrogen (secondary N) is 1. The van der Waals surface area contributed by atoms with Crippen LogP contribution in [0.5, 0.6) is 5.75 Å². The molecule has 3 aromatic carbocycles. The largest absolute Gasteiger partial charge is 0.482 e. The molecule has 0 aliphatic carbocycles. The van der Waals surface area contributed by atoms with Gasteiger partial charge < -0.3 is 14.8 Å². The minimum absolute atomic E-state index is 0.0505. The zero-order chi connectivity index (χ0) is 24.7. The number of hydrogen-bond acceptors (Lipinski definition) is 6. The van der Waals surface area contributed by atoms with Gasteiger partial charge in [-0.25, -0.2) is 17.6 Å². The number of halogens is 2. The summed E-state index contributed by atoms with van der Waals surface area (Å²) in [5.74, 6) is -1.45. The van der Waals surface area contributed by atoms with Crippen molar-refractivity contribution in [3.05, 3.63) is 82.2 Å². The molecule has 1 amide bonds. The number of nitrogens with zero attached hydrogens (tertiary/aromatic N) is 1. The van der Waals surface area contributed by atoms with E-state index in [2.05, 4.69) is 27.9 Å². The van der Waals surface area contributed by atoms with Crippen LogP contribution in [0.4, 0.5) is 15.8 Å². The van der Waals surface area contributed by atoms with Gasteiger partial charge in [-0.2, -0.15) is 0 Å². The fraction of sp³-hybridized carbons (Fsp3) is 0.130. The maximum Gasteiger partial charge on any atom is 0.344 e. The van der Waals surface area contributed by atoms with Crippen LogP contribution in [0, 0.1) is 9.39 Å². The first-order valence-electron chi connectivity index (χ1n) is 9.83. The monoisotopic (exact) mass is 598 g/mol. The molecular weight excluding hydrogens is 578 g/mol. The minimum atomic E-state index is -3.87. The van der Waals surface area contributed by atoms with Crippen LogP contribution in [0.25, 0.3) is 0 Å². The second kappa shape index (κ2) is 11.3. The molecule has 0 heterocycles. The third kappa shape index (κ3) is 6.90. The van der Waals surface area contributed by atoms with Gasteiger partial charge in [0.05, 0.1) is 10.6 Å². The molecule has 0 aromatic heterocycles. The van der Waals surface area contributed by atoms with E-state index in [9.17, 15) is 22.4 Å². The number of carbonyl (C=O) groups excluding carboxylic acids is 2. The molecule has 0 saturated heterocycles. The van der Waals surface area contributed by atoms with E-state index < -0.39 is 40.9 Å². The Kier molecular flexibility index (Phi) is 8.45. The van der Waals surface area contributed by atoms with Gasteiger partial charge in [0, 0.05) is 16.3 Å². The molecule has 34 heavy (non-hydrogen) atoms. The molecule has 0 radical (unpaired) electrons. The summed E-state index contributed by atoms with van der Waals surface area (Å²) < 4.78 is 50.7. The van der Waals surface area contributed by atoms with Gasteiger partial charge in [-0.1, -0.05) is 6.07 Å². The van der Waals surface area contributed by atoms with Crippen molar-refractivity contribution in [3.8, 4) is 5.75 Å². The van der Waals surface area contributed by atoms with Crippen LogP contribution >= 0.6 is 22.6 Å². The van der Waals surface area contributed by atoms with Crippen molar-refractivity contribution >= 4 is 55.9 Å². The van der Waals surface area contributed by atoms with Gasteiger partial charge in [-0.05, 0) is 89.3 Å². The maximum atomic E-state index is 13.1. The van der Waals surface area contributed by atoms with E-state index in [0.717, 1.165) is 20.0 Å². The summed E-state index contributed by atoms with van der Waals surface area (Å²) in [6.07, 6.45) is 0. The molecule has 0 spiro atoms. The fourth-order valence-electron chi connectivity index (χ4n) is 2.75. The molecule has 3 aromatic rings. The average Bonchev–Trinajstić information content (AvgIpc) is 2.81. The van der Waals surface area contributed by atoms with E-state index in [-0.39, 0.29) is 4.90 Å². The van der Waals surface area contributed by atoms with Crippen LogP contribution in [-0.4, -0.2) is 40.6 Å². The molecule has 0 unspecified atom stereocenters. The van der Waals surface area contributed by atoms with Crippen molar-refractivity contribution in [2.75, 3.05) is 29.9 Å². The first kappa shape index (κ1) is 25.4. The lowest BCUT2D eigenvalue weighted by molar-refractivity contribution is -0.149. The second-order valence-electron chi connectivity index (χ2n) is 6.93. The summed E-state index contributed by atoms with van der Waals surface area (Å²) in [7, 11) is -2.51. The lowest BCUT2D eigenvalue weighted by Crippen LogP contribution is -2.26. The molecule has 11 heteroatoms.